The highest BCUT2D eigenvalue weighted by Crippen LogP contribution is 2.07. The van der Waals surface area contributed by atoms with Gasteiger partial charge in [-0.05, 0) is 18.6 Å². The zero-order chi connectivity index (χ0) is 12.8. The Bertz CT molecular complexity index is 417. The van der Waals surface area contributed by atoms with Gasteiger partial charge in [0.05, 0.1) is 0 Å². The Morgan fingerprint density at radius 2 is 2.00 bits per heavy atom. The van der Waals surface area contributed by atoms with Crippen molar-refractivity contribution in [3.05, 3.63) is 35.4 Å². The van der Waals surface area contributed by atoms with Crippen molar-refractivity contribution < 1.29 is 19.8 Å². The zero-order valence-electron chi connectivity index (χ0n) is 9.51. The number of carbonyl (C=O) groups excluding carboxylic acids is 1. The number of carbonyl (C=O) groups is 2. The van der Waals surface area contributed by atoms with Gasteiger partial charge in [0.1, 0.15) is 6.04 Å². The van der Waals surface area contributed by atoms with Crippen molar-refractivity contribution in [2.75, 3.05) is 6.61 Å². The van der Waals surface area contributed by atoms with Crippen LogP contribution in [0.15, 0.2) is 24.3 Å². The lowest BCUT2D eigenvalue weighted by Crippen LogP contribution is -2.41. The lowest BCUT2D eigenvalue weighted by Gasteiger charge is -2.14. The van der Waals surface area contributed by atoms with E-state index in [4.69, 9.17) is 10.2 Å². The first-order chi connectivity index (χ1) is 8.06. The molecular weight excluding hydrogens is 222 g/mol. The van der Waals surface area contributed by atoms with Crippen LogP contribution in [0.5, 0.6) is 0 Å². The van der Waals surface area contributed by atoms with Crippen molar-refractivity contribution >= 4 is 11.9 Å². The molecule has 92 valence electrons. The number of aliphatic hydroxyl groups is 1. The molecule has 0 spiro atoms. The Hall–Kier alpha value is -1.88. The van der Waals surface area contributed by atoms with Crippen LogP contribution in [0.25, 0.3) is 0 Å². The summed E-state index contributed by atoms with van der Waals surface area (Å²) < 4.78 is 0. The number of hydrogen-bond donors (Lipinski definition) is 3. The Labute approximate surface area is 99.1 Å². The average Bonchev–Trinajstić information content (AvgIpc) is 2.28. The Balaban J connectivity index is 2.77. The number of aliphatic hydroxyl groups excluding tert-OH is 1. The van der Waals surface area contributed by atoms with E-state index in [0.717, 1.165) is 5.56 Å². The van der Waals surface area contributed by atoms with Crippen molar-refractivity contribution in [2.24, 2.45) is 0 Å². The van der Waals surface area contributed by atoms with Crippen LogP contribution in [0.3, 0.4) is 0 Å². The van der Waals surface area contributed by atoms with Gasteiger partial charge in [0.25, 0.3) is 5.91 Å². The topological polar surface area (TPSA) is 86.6 Å². The van der Waals surface area contributed by atoms with Gasteiger partial charge in [-0.1, -0.05) is 18.2 Å². The van der Waals surface area contributed by atoms with E-state index >= 15 is 0 Å². The minimum Gasteiger partial charge on any atom is -0.480 e. The number of aliphatic carboxylic acids is 1. The van der Waals surface area contributed by atoms with Gasteiger partial charge < -0.3 is 15.5 Å². The number of rotatable bonds is 5. The summed E-state index contributed by atoms with van der Waals surface area (Å²) >= 11 is 0. The molecule has 0 fully saturated rings. The molecule has 5 heteroatoms. The summed E-state index contributed by atoms with van der Waals surface area (Å²) in [5.74, 6) is -1.59. The Morgan fingerprint density at radius 3 is 2.53 bits per heavy atom. The molecule has 0 aromatic heterocycles. The summed E-state index contributed by atoms with van der Waals surface area (Å²) in [6.07, 6.45) is -0.00699. The van der Waals surface area contributed by atoms with Gasteiger partial charge in [0.15, 0.2) is 0 Å². The number of benzene rings is 1. The summed E-state index contributed by atoms with van der Waals surface area (Å²) in [6.45, 7) is 1.49. The lowest BCUT2D eigenvalue weighted by molar-refractivity contribution is -0.139. The first kappa shape index (κ1) is 13.2. The van der Waals surface area contributed by atoms with E-state index in [1.54, 1.807) is 31.2 Å². The Kier molecular flexibility index (Phi) is 4.66. The molecule has 0 bridgehead atoms. The van der Waals surface area contributed by atoms with Crippen LogP contribution in [0, 0.1) is 6.92 Å². The normalized spacial score (nSPS) is 11.9. The fourth-order valence-electron chi connectivity index (χ4n) is 1.45. The second-order valence-corrected chi connectivity index (χ2v) is 3.69. The second kappa shape index (κ2) is 6.00. The highest BCUT2D eigenvalue weighted by atomic mass is 16.4. The number of nitrogens with one attached hydrogen (secondary N) is 1. The zero-order valence-corrected chi connectivity index (χ0v) is 9.51. The van der Waals surface area contributed by atoms with Crippen LogP contribution >= 0.6 is 0 Å². The highest BCUT2D eigenvalue weighted by molar-refractivity contribution is 5.97. The molecule has 0 radical (unpaired) electrons. The summed E-state index contributed by atoms with van der Waals surface area (Å²) in [5.41, 5.74) is 1.22. The van der Waals surface area contributed by atoms with E-state index in [9.17, 15) is 9.59 Å². The quantitative estimate of drug-likeness (QED) is 0.698. The van der Waals surface area contributed by atoms with Gasteiger partial charge in [-0.25, -0.2) is 4.79 Å². The number of carboxylic acids is 1. The van der Waals surface area contributed by atoms with E-state index in [1.165, 1.54) is 0 Å². The summed E-state index contributed by atoms with van der Waals surface area (Å²) in [6, 6.07) is 5.85. The van der Waals surface area contributed by atoms with Crippen LogP contribution in [0.2, 0.25) is 0 Å². The van der Waals surface area contributed by atoms with Crippen LogP contribution < -0.4 is 5.32 Å². The van der Waals surface area contributed by atoms with Gasteiger partial charge in [-0.2, -0.15) is 0 Å². The second-order valence-electron chi connectivity index (χ2n) is 3.69. The van der Waals surface area contributed by atoms with E-state index in [2.05, 4.69) is 5.32 Å². The molecular formula is C12H15NO4. The smallest absolute Gasteiger partial charge is 0.326 e. The molecule has 17 heavy (non-hydrogen) atoms. The molecule has 0 saturated heterocycles. The molecule has 0 aliphatic heterocycles. The number of hydrogen-bond acceptors (Lipinski definition) is 3. The van der Waals surface area contributed by atoms with Crippen LogP contribution in [0.1, 0.15) is 22.3 Å². The molecule has 0 unspecified atom stereocenters. The first-order valence-corrected chi connectivity index (χ1v) is 5.26. The third kappa shape index (κ3) is 3.57. The average molecular weight is 237 g/mol. The molecule has 0 saturated carbocycles. The molecule has 0 aliphatic carbocycles. The molecule has 0 heterocycles. The van der Waals surface area contributed by atoms with Crippen LogP contribution in [-0.4, -0.2) is 34.7 Å². The lowest BCUT2D eigenvalue weighted by atomic mass is 10.1. The summed E-state index contributed by atoms with van der Waals surface area (Å²) in [7, 11) is 0. The van der Waals surface area contributed by atoms with Crippen molar-refractivity contribution in [3.8, 4) is 0 Å². The molecule has 1 amide bonds. The predicted molar refractivity (Wildman–Crippen MR) is 61.8 cm³/mol. The maximum absolute atomic E-state index is 11.8. The van der Waals surface area contributed by atoms with Crippen molar-refractivity contribution in [2.45, 2.75) is 19.4 Å². The minimum absolute atomic E-state index is 0.00699. The number of carboxylic acid groups (broad SMARTS) is 1. The SMILES string of the molecule is Cc1ccccc1C(=O)N[C@H](CCO)C(=O)O. The fourth-order valence-corrected chi connectivity index (χ4v) is 1.45. The van der Waals surface area contributed by atoms with E-state index < -0.39 is 17.9 Å². The van der Waals surface area contributed by atoms with Crippen molar-refractivity contribution in [3.63, 3.8) is 0 Å². The summed E-state index contributed by atoms with van der Waals surface area (Å²) in [4.78, 5) is 22.6. The standard InChI is InChI=1S/C12H15NO4/c1-8-4-2-3-5-9(8)11(15)13-10(6-7-14)12(16)17/h2-5,10,14H,6-7H2,1H3,(H,13,15)(H,16,17)/t10-/m1/s1. The molecule has 0 aliphatic rings. The largest absolute Gasteiger partial charge is 0.480 e. The molecule has 1 atom stereocenters. The van der Waals surface area contributed by atoms with Crippen LogP contribution in [-0.2, 0) is 4.79 Å². The van der Waals surface area contributed by atoms with Gasteiger partial charge in [-0.3, -0.25) is 4.79 Å². The monoisotopic (exact) mass is 237 g/mol. The molecule has 1 aromatic rings. The van der Waals surface area contributed by atoms with Gasteiger partial charge in [-0.15, -0.1) is 0 Å². The van der Waals surface area contributed by atoms with E-state index in [1.807, 2.05) is 0 Å². The maximum Gasteiger partial charge on any atom is 0.326 e. The highest BCUT2D eigenvalue weighted by Gasteiger charge is 2.20. The molecule has 1 rings (SSSR count). The van der Waals surface area contributed by atoms with Gasteiger partial charge in [0.2, 0.25) is 0 Å². The van der Waals surface area contributed by atoms with Gasteiger partial charge >= 0.3 is 5.97 Å². The first-order valence-electron chi connectivity index (χ1n) is 5.26. The van der Waals surface area contributed by atoms with Gasteiger partial charge in [0, 0.05) is 18.6 Å². The van der Waals surface area contributed by atoms with Crippen LogP contribution in [0.4, 0.5) is 0 Å². The molecule has 5 nitrogen and oxygen atoms in total. The van der Waals surface area contributed by atoms with E-state index in [-0.39, 0.29) is 13.0 Å². The van der Waals surface area contributed by atoms with Crippen molar-refractivity contribution in [1.29, 1.82) is 0 Å². The van der Waals surface area contributed by atoms with E-state index in [0.29, 0.717) is 5.56 Å². The predicted octanol–water partition coefficient (Wildman–Crippen LogP) is 0.560. The third-order valence-corrected chi connectivity index (χ3v) is 2.41. The van der Waals surface area contributed by atoms with Crippen molar-refractivity contribution in [1.82, 2.24) is 5.32 Å². The fraction of sp³-hybridized carbons (Fsp3) is 0.333. The minimum atomic E-state index is -1.15. The third-order valence-electron chi connectivity index (χ3n) is 2.41. The summed E-state index contributed by atoms with van der Waals surface area (Å²) in [5, 5.41) is 19.9. The molecule has 3 N–H and O–H groups in total. The Morgan fingerprint density at radius 1 is 1.35 bits per heavy atom. The molecule has 1 aromatic carbocycles. The number of aryl methyl sites for hydroxylation is 1. The number of amides is 1. The maximum atomic E-state index is 11.8.